The van der Waals surface area contributed by atoms with Gasteiger partial charge in [-0.3, -0.25) is 9.59 Å². The first kappa shape index (κ1) is 18.1. The van der Waals surface area contributed by atoms with Gasteiger partial charge in [-0.15, -0.1) is 0 Å². The van der Waals surface area contributed by atoms with Gasteiger partial charge < -0.3 is 26.0 Å². The number of hydrogen-bond donors (Lipinski definition) is 3. The molecule has 4 N–H and O–H groups in total. The fourth-order valence-electron chi connectivity index (χ4n) is 1.73. The molecule has 0 bridgehead atoms. The maximum absolute atomic E-state index is 11.2. The Labute approximate surface area is 116 Å². The van der Waals surface area contributed by atoms with E-state index in [1.54, 1.807) is 0 Å². The van der Waals surface area contributed by atoms with Crippen molar-refractivity contribution in [3.05, 3.63) is 5.21 Å². The number of carbonyl (C=O) groups excluding carboxylic acids is 1. The predicted octanol–water partition coefficient (Wildman–Crippen LogP) is 0.488. The number of carboxylic acids is 1. The van der Waals surface area contributed by atoms with Crippen molar-refractivity contribution in [2.24, 2.45) is 16.4 Å². The number of carboxylic acid groups (broad SMARTS) is 1. The van der Waals surface area contributed by atoms with Crippen LogP contribution in [0.5, 0.6) is 0 Å². The van der Waals surface area contributed by atoms with Crippen LogP contribution in [0.1, 0.15) is 33.6 Å². The molecule has 0 saturated carbocycles. The van der Waals surface area contributed by atoms with E-state index < -0.39 is 29.5 Å². The Bertz CT molecular complexity index is 382. The molecule has 0 saturated heterocycles. The summed E-state index contributed by atoms with van der Waals surface area (Å²) >= 11 is 0. The highest BCUT2D eigenvalue weighted by Gasteiger charge is 2.42. The Morgan fingerprint density at radius 1 is 1.50 bits per heavy atom. The van der Waals surface area contributed by atoms with Gasteiger partial charge in [0.25, 0.3) is 0 Å². The molecule has 9 heteroatoms. The Balaban J connectivity index is 4.78. The summed E-state index contributed by atoms with van der Waals surface area (Å²) in [6.45, 7) is 3.89. The lowest BCUT2D eigenvalue weighted by molar-refractivity contribution is -0.556. The van der Waals surface area contributed by atoms with Gasteiger partial charge in [-0.05, 0) is 20.3 Å². The van der Waals surface area contributed by atoms with Gasteiger partial charge >= 0.3 is 11.9 Å². The summed E-state index contributed by atoms with van der Waals surface area (Å²) in [4.78, 5) is 22.4. The zero-order valence-corrected chi connectivity index (χ0v) is 11.8. The average Bonchev–Trinajstić information content (AvgIpc) is 2.34. The Kier molecular flexibility index (Phi) is 6.91. The molecule has 2 atom stereocenters. The van der Waals surface area contributed by atoms with Crippen LogP contribution in [0.2, 0.25) is 0 Å². The fourth-order valence-corrected chi connectivity index (χ4v) is 1.73. The van der Waals surface area contributed by atoms with Gasteiger partial charge in [0.2, 0.25) is 0 Å². The number of nitrogens with two attached hydrogens (primary N) is 1. The standard InChI is InChI=1S/C11H21N3O6/c1-7(15)20-9(11(2,3)10(16)17)8(12)5-4-6-14(19)13-18/h8-9,18H,4-6,12H2,1-3H3,(H,16,17)/b14-13-/t8-,9-/m0/s1. The summed E-state index contributed by atoms with van der Waals surface area (Å²) in [5.74, 6) is -1.77. The number of aliphatic carboxylic acids is 1. The zero-order chi connectivity index (χ0) is 15.9. The first-order valence-electron chi connectivity index (χ1n) is 6.08. The number of nitrogens with zero attached hydrogens (tertiary/aromatic N) is 2. The van der Waals surface area contributed by atoms with Gasteiger partial charge in [0.1, 0.15) is 11.5 Å². The quantitative estimate of drug-likeness (QED) is 0.255. The minimum absolute atomic E-state index is 0.0793. The smallest absolute Gasteiger partial charge is 0.312 e. The molecule has 20 heavy (non-hydrogen) atoms. The molecule has 9 nitrogen and oxygen atoms in total. The summed E-state index contributed by atoms with van der Waals surface area (Å²) in [5.41, 5.74) is 4.51. The second-order valence-corrected chi connectivity index (χ2v) is 5.03. The molecular weight excluding hydrogens is 270 g/mol. The Morgan fingerprint density at radius 2 is 2.05 bits per heavy atom. The lowest BCUT2D eigenvalue weighted by Gasteiger charge is -2.33. The lowest BCUT2D eigenvalue weighted by Crippen LogP contribution is -2.51. The largest absolute Gasteiger partial charge is 0.597 e. The maximum Gasteiger partial charge on any atom is 0.312 e. The SMILES string of the molecule is CC(=O)O[C@@H]([C@@H](N)CCC/[N+]([O-])=N/O)C(C)(C)C(=O)O. The first-order chi connectivity index (χ1) is 9.12. The van der Waals surface area contributed by atoms with Crippen molar-refractivity contribution in [2.45, 2.75) is 45.8 Å². The van der Waals surface area contributed by atoms with Crippen LogP contribution in [-0.2, 0) is 14.3 Å². The molecule has 0 fully saturated rings. The number of hydrogen-bond acceptors (Lipinski definition) is 6. The maximum atomic E-state index is 11.2. The molecule has 0 aliphatic carbocycles. The number of hydroxylamine groups is 1. The average molecular weight is 291 g/mol. The zero-order valence-electron chi connectivity index (χ0n) is 11.8. The van der Waals surface area contributed by atoms with Crippen LogP contribution in [0.3, 0.4) is 0 Å². The van der Waals surface area contributed by atoms with Crippen molar-refractivity contribution >= 4 is 11.9 Å². The predicted molar refractivity (Wildman–Crippen MR) is 66.9 cm³/mol. The number of carbonyl (C=O) groups is 2. The third-order valence-corrected chi connectivity index (χ3v) is 2.93. The second-order valence-electron chi connectivity index (χ2n) is 5.03. The molecule has 0 spiro atoms. The molecule has 0 aromatic heterocycles. The lowest BCUT2D eigenvalue weighted by atomic mass is 9.81. The van der Waals surface area contributed by atoms with Gasteiger partial charge in [-0.1, -0.05) is 4.86 Å². The third-order valence-electron chi connectivity index (χ3n) is 2.93. The molecule has 0 heterocycles. The Morgan fingerprint density at radius 3 is 2.45 bits per heavy atom. The van der Waals surface area contributed by atoms with Crippen molar-refractivity contribution < 1.29 is 29.5 Å². The van der Waals surface area contributed by atoms with Crippen LogP contribution in [0, 0.1) is 10.6 Å². The minimum Gasteiger partial charge on any atom is -0.597 e. The molecule has 0 aliphatic heterocycles. The monoisotopic (exact) mass is 291 g/mol. The number of ether oxygens (including phenoxy) is 1. The van der Waals surface area contributed by atoms with Crippen molar-refractivity contribution in [1.29, 1.82) is 0 Å². The van der Waals surface area contributed by atoms with Crippen LogP contribution in [0.25, 0.3) is 0 Å². The molecule has 0 rings (SSSR count). The molecule has 0 radical (unpaired) electrons. The minimum atomic E-state index is -1.36. The molecular formula is C11H21N3O6. The summed E-state index contributed by atoms with van der Waals surface area (Å²) in [6, 6.07) is -0.753. The van der Waals surface area contributed by atoms with Crippen LogP contribution >= 0.6 is 0 Å². The van der Waals surface area contributed by atoms with Crippen molar-refractivity contribution in [3.8, 4) is 0 Å². The van der Waals surface area contributed by atoms with Crippen LogP contribution < -0.4 is 5.73 Å². The van der Waals surface area contributed by atoms with E-state index in [9.17, 15) is 19.9 Å². The van der Waals surface area contributed by atoms with Crippen LogP contribution in [0.15, 0.2) is 5.28 Å². The molecule has 0 amide bonds. The van der Waals surface area contributed by atoms with Gasteiger partial charge in [0.15, 0.2) is 11.8 Å². The summed E-state index contributed by atoms with van der Waals surface area (Å²) in [6.07, 6.45) is -0.519. The highest BCUT2D eigenvalue weighted by molar-refractivity contribution is 5.75. The van der Waals surface area contributed by atoms with Crippen molar-refractivity contribution in [1.82, 2.24) is 0 Å². The molecule has 0 aromatic rings. The van der Waals surface area contributed by atoms with Crippen molar-refractivity contribution in [3.63, 3.8) is 0 Å². The summed E-state index contributed by atoms with van der Waals surface area (Å²) in [7, 11) is 0. The second kappa shape index (κ2) is 7.63. The molecule has 0 unspecified atom stereocenters. The van der Waals surface area contributed by atoms with Gasteiger partial charge in [-0.25, -0.2) is 0 Å². The van der Waals surface area contributed by atoms with Gasteiger partial charge in [0, 0.05) is 19.4 Å². The van der Waals surface area contributed by atoms with Crippen LogP contribution in [-0.4, -0.2) is 45.8 Å². The Hall–Kier alpha value is -1.90. The third kappa shape index (κ3) is 5.39. The topological polar surface area (TPSA) is 148 Å². The van der Waals surface area contributed by atoms with E-state index >= 15 is 0 Å². The fraction of sp³-hybridized carbons (Fsp3) is 0.818. The molecule has 116 valence electrons. The van der Waals surface area contributed by atoms with E-state index in [0.717, 1.165) is 0 Å². The van der Waals surface area contributed by atoms with E-state index in [2.05, 4.69) is 5.28 Å². The number of rotatable bonds is 8. The van der Waals surface area contributed by atoms with Crippen LogP contribution in [0.4, 0.5) is 0 Å². The van der Waals surface area contributed by atoms with E-state index in [4.69, 9.17) is 15.7 Å². The van der Waals surface area contributed by atoms with Crippen molar-refractivity contribution in [2.75, 3.05) is 6.54 Å². The highest BCUT2D eigenvalue weighted by atomic mass is 16.6. The van der Waals surface area contributed by atoms with E-state index in [1.807, 2.05) is 0 Å². The number of esters is 1. The van der Waals surface area contributed by atoms with Gasteiger partial charge in [-0.2, -0.15) is 0 Å². The summed E-state index contributed by atoms with van der Waals surface area (Å²) in [5, 5.41) is 30.5. The molecule has 0 aromatic carbocycles. The normalized spacial score (nSPS) is 15.5. The highest BCUT2D eigenvalue weighted by Crippen LogP contribution is 2.27. The molecule has 0 aliphatic rings. The summed E-state index contributed by atoms with van der Waals surface area (Å²) < 4.78 is 5.01. The van der Waals surface area contributed by atoms with E-state index in [0.29, 0.717) is 0 Å². The first-order valence-corrected chi connectivity index (χ1v) is 6.08. The van der Waals surface area contributed by atoms with E-state index in [1.165, 1.54) is 20.8 Å². The van der Waals surface area contributed by atoms with Gasteiger partial charge in [0.05, 0.1) is 0 Å². The van der Waals surface area contributed by atoms with E-state index in [-0.39, 0.29) is 24.2 Å².